The van der Waals surface area contributed by atoms with E-state index in [9.17, 15) is 4.79 Å². The van der Waals surface area contributed by atoms with Crippen molar-refractivity contribution in [1.29, 1.82) is 0 Å². The fourth-order valence-corrected chi connectivity index (χ4v) is 3.07. The lowest BCUT2D eigenvalue weighted by atomic mass is 10.1. The van der Waals surface area contributed by atoms with Gasteiger partial charge in [-0.3, -0.25) is 10.6 Å². The van der Waals surface area contributed by atoms with Crippen molar-refractivity contribution in [1.82, 2.24) is 5.32 Å². The first-order valence-electron chi connectivity index (χ1n) is 5.68. The highest BCUT2D eigenvalue weighted by molar-refractivity contribution is 9.10. The number of hydrogen-bond acceptors (Lipinski definition) is 4. The van der Waals surface area contributed by atoms with Gasteiger partial charge >= 0.3 is 0 Å². The molecule has 0 aliphatic rings. The van der Waals surface area contributed by atoms with Crippen molar-refractivity contribution in [3.05, 3.63) is 50.1 Å². The maximum atomic E-state index is 12.0. The third-order valence-electron chi connectivity index (χ3n) is 2.69. The number of hydrazine groups is 1. The van der Waals surface area contributed by atoms with Gasteiger partial charge in [0.05, 0.1) is 12.2 Å². The van der Waals surface area contributed by atoms with Gasteiger partial charge in [-0.05, 0) is 52.7 Å². The van der Waals surface area contributed by atoms with Crippen LogP contribution in [0.3, 0.4) is 0 Å². The highest BCUT2D eigenvalue weighted by Gasteiger charge is 2.07. The summed E-state index contributed by atoms with van der Waals surface area (Å²) in [5.74, 6) is 5.27. The molecule has 2 aromatic rings. The molecule has 0 unspecified atom stereocenters. The number of carbonyl (C=O) groups is 1. The number of halogens is 1. The number of rotatable bonds is 4. The van der Waals surface area contributed by atoms with Gasteiger partial charge in [-0.2, -0.15) is 0 Å². The number of nitrogens with two attached hydrogens (primary N) is 1. The zero-order valence-corrected chi connectivity index (χ0v) is 12.8. The molecule has 0 saturated heterocycles. The van der Waals surface area contributed by atoms with E-state index in [1.165, 1.54) is 0 Å². The van der Waals surface area contributed by atoms with Crippen LogP contribution in [0.15, 0.2) is 34.1 Å². The Morgan fingerprint density at radius 3 is 2.79 bits per heavy atom. The molecule has 0 aliphatic carbocycles. The summed E-state index contributed by atoms with van der Waals surface area (Å²) in [5, 5.41) is 4.89. The number of nitrogen functional groups attached to an aromatic ring is 1. The Labute approximate surface area is 124 Å². The fraction of sp³-hybridized carbons (Fsp3) is 0.154. The number of benzene rings is 1. The van der Waals surface area contributed by atoms with Crippen molar-refractivity contribution in [3.63, 3.8) is 0 Å². The van der Waals surface area contributed by atoms with E-state index in [0.717, 1.165) is 20.6 Å². The van der Waals surface area contributed by atoms with Crippen LogP contribution >= 0.6 is 27.3 Å². The Hall–Kier alpha value is -1.37. The first kappa shape index (κ1) is 14.0. The van der Waals surface area contributed by atoms with E-state index in [4.69, 9.17) is 5.84 Å². The maximum Gasteiger partial charge on any atom is 0.251 e. The molecule has 4 nitrogen and oxygen atoms in total. The summed E-state index contributed by atoms with van der Waals surface area (Å²) >= 11 is 5.00. The van der Waals surface area contributed by atoms with Crippen molar-refractivity contribution in [2.45, 2.75) is 13.5 Å². The molecule has 0 spiro atoms. The van der Waals surface area contributed by atoms with Gasteiger partial charge in [0.15, 0.2) is 0 Å². The molecule has 0 atom stereocenters. The summed E-state index contributed by atoms with van der Waals surface area (Å²) in [6.07, 6.45) is 0. The van der Waals surface area contributed by atoms with E-state index >= 15 is 0 Å². The number of hydrogen-bond donors (Lipinski definition) is 3. The number of carbonyl (C=O) groups excluding carboxylic acids is 1. The van der Waals surface area contributed by atoms with Gasteiger partial charge in [-0.1, -0.05) is 0 Å². The second-order valence-corrected chi connectivity index (χ2v) is 6.00. The quantitative estimate of drug-likeness (QED) is 0.592. The maximum absolute atomic E-state index is 12.0. The molecule has 6 heteroatoms. The Kier molecular flexibility index (Phi) is 4.57. The number of amides is 1. The molecule has 0 radical (unpaired) electrons. The number of nitrogens with one attached hydrogen (secondary N) is 2. The molecule has 19 heavy (non-hydrogen) atoms. The smallest absolute Gasteiger partial charge is 0.251 e. The van der Waals surface area contributed by atoms with Crippen LogP contribution < -0.4 is 16.6 Å². The minimum absolute atomic E-state index is 0.0869. The number of anilines is 1. The van der Waals surface area contributed by atoms with Gasteiger partial charge < -0.3 is 10.7 Å². The normalized spacial score (nSPS) is 10.3. The Balaban J connectivity index is 2.01. The monoisotopic (exact) mass is 339 g/mol. The van der Waals surface area contributed by atoms with Crippen molar-refractivity contribution < 1.29 is 4.79 Å². The molecule has 1 amide bonds. The summed E-state index contributed by atoms with van der Waals surface area (Å²) in [4.78, 5) is 13.1. The van der Waals surface area contributed by atoms with Gasteiger partial charge in [-0.15, -0.1) is 11.3 Å². The number of thiophene rings is 1. The van der Waals surface area contributed by atoms with Crippen LogP contribution in [0, 0.1) is 6.92 Å². The van der Waals surface area contributed by atoms with E-state index in [-0.39, 0.29) is 5.91 Å². The van der Waals surface area contributed by atoms with Gasteiger partial charge in [-0.25, -0.2) is 0 Å². The van der Waals surface area contributed by atoms with Crippen LogP contribution in [-0.4, -0.2) is 5.91 Å². The summed E-state index contributed by atoms with van der Waals surface area (Å²) in [7, 11) is 0. The molecular weight excluding hydrogens is 326 g/mol. The largest absolute Gasteiger partial charge is 0.347 e. The molecule has 4 N–H and O–H groups in total. The molecule has 1 heterocycles. The van der Waals surface area contributed by atoms with Crippen molar-refractivity contribution in [2.24, 2.45) is 5.84 Å². The summed E-state index contributed by atoms with van der Waals surface area (Å²) in [6.45, 7) is 2.44. The van der Waals surface area contributed by atoms with E-state index in [2.05, 4.69) is 26.7 Å². The van der Waals surface area contributed by atoms with Crippen molar-refractivity contribution in [2.75, 3.05) is 5.43 Å². The molecule has 0 saturated carbocycles. The van der Waals surface area contributed by atoms with Crippen LogP contribution in [0.1, 0.15) is 20.8 Å². The lowest BCUT2D eigenvalue weighted by Gasteiger charge is -2.08. The second kappa shape index (κ2) is 6.18. The first-order chi connectivity index (χ1) is 9.10. The van der Waals surface area contributed by atoms with Gasteiger partial charge in [0.2, 0.25) is 0 Å². The Bertz CT molecular complexity index is 597. The SMILES string of the molecule is Cc1cc(C(=O)NCc2cc(Br)cs2)ccc1NN. The van der Waals surface area contributed by atoms with Gasteiger partial charge in [0, 0.05) is 20.3 Å². The average molecular weight is 340 g/mol. The highest BCUT2D eigenvalue weighted by atomic mass is 79.9. The molecule has 0 aliphatic heterocycles. The summed E-state index contributed by atoms with van der Waals surface area (Å²) in [5.41, 5.74) is 4.98. The predicted molar refractivity (Wildman–Crippen MR) is 82.2 cm³/mol. The molecule has 1 aromatic carbocycles. The summed E-state index contributed by atoms with van der Waals surface area (Å²) < 4.78 is 1.04. The van der Waals surface area contributed by atoms with Crippen LogP contribution in [-0.2, 0) is 6.54 Å². The van der Waals surface area contributed by atoms with Crippen LogP contribution in [0.25, 0.3) is 0 Å². The second-order valence-electron chi connectivity index (χ2n) is 4.09. The molecule has 2 rings (SSSR count). The van der Waals surface area contributed by atoms with E-state index in [1.54, 1.807) is 23.5 Å². The number of aryl methyl sites for hydroxylation is 1. The molecule has 0 bridgehead atoms. The molecular formula is C13H14BrN3OS. The lowest BCUT2D eigenvalue weighted by molar-refractivity contribution is 0.0951. The molecule has 1 aromatic heterocycles. The molecule has 100 valence electrons. The highest BCUT2D eigenvalue weighted by Crippen LogP contribution is 2.20. The van der Waals surface area contributed by atoms with E-state index < -0.39 is 0 Å². The summed E-state index contributed by atoms with van der Waals surface area (Å²) in [6, 6.07) is 7.36. The van der Waals surface area contributed by atoms with Gasteiger partial charge in [0.1, 0.15) is 0 Å². The van der Waals surface area contributed by atoms with Crippen molar-refractivity contribution >= 4 is 38.9 Å². The van der Waals surface area contributed by atoms with Crippen molar-refractivity contribution in [3.8, 4) is 0 Å². The first-order valence-corrected chi connectivity index (χ1v) is 7.36. The van der Waals surface area contributed by atoms with Crippen LogP contribution in [0.2, 0.25) is 0 Å². The predicted octanol–water partition coefficient (Wildman–Crippen LogP) is 3.03. The molecule has 0 fully saturated rings. The third kappa shape index (κ3) is 3.56. The zero-order chi connectivity index (χ0) is 13.8. The standard InChI is InChI=1S/C13H14BrN3OS/c1-8-4-9(2-3-12(8)17-15)13(18)16-6-11-5-10(14)7-19-11/h2-5,7,17H,6,15H2,1H3,(H,16,18). The van der Waals surface area contributed by atoms with E-state index in [1.807, 2.05) is 24.4 Å². The zero-order valence-electron chi connectivity index (χ0n) is 10.4. The van der Waals surface area contributed by atoms with Crippen LogP contribution in [0.5, 0.6) is 0 Å². The minimum Gasteiger partial charge on any atom is -0.347 e. The fourth-order valence-electron chi connectivity index (χ4n) is 1.68. The lowest BCUT2D eigenvalue weighted by Crippen LogP contribution is -2.22. The average Bonchev–Trinajstić information content (AvgIpc) is 2.81. The van der Waals surface area contributed by atoms with E-state index in [0.29, 0.717) is 12.1 Å². The Morgan fingerprint density at radius 1 is 1.42 bits per heavy atom. The Morgan fingerprint density at radius 2 is 2.21 bits per heavy atom. The van der Waals surface area contributed by atoms with Gasteiger partial charge in [0.25, 0.3) is 5.91 Å². The third-order valence-corrected chi connectivity index (χ3v) is 4.39. The topological polar surface area (TPSA) is 67.2 Å². The minimum atomic E-state index is -0.0869. The van der Waals surface area contributed by atoms with Crippen LogP contribution in [0.4, 0.5) is 5.69 Å².